The summed E-state index contributed by atoms with van der Waals surface area (Å²) in [6.07, 6.45) is -7.73. The summed E-state index contributed by atoms with van der Waals surface area (Å²) in [5, 5.41) is 0. The molecular weight excluding hydrogens is 432 g/mol. The summed E-state index contributed by atoms with van der Waals surface area (Å²) in [5.74, 6) is -0.662. The first-order valence-electron chi connectivity index (χ1n) is 10.2. The SMILES string of the molecule is COCC1OC(OC2C(C(=O)OC)OC(OC)C(OC)C2OC)C(OC)C(OC)C1OC. The number of methoxy groups -OCH3 is 8. The largest absolute Gasteiger partial charge is 0.467 e. The first-order valence-corrected chi connectivity index (χ1v) is 10.2. The molecule has 0 bridgehead atoms. The topological polar surface area (TPSA) is 119 Å². The standard InChI is InChI=1S/C20H36O12/c1-22-9-10-11(23-2)12(24-3)17(27-6)20(30-10)31-14-13(25-4)16(26-5)19(29-8)32-15(14)18(21)28-7/h10-17,19-20H,9H2,1-8H3. The van der Waals surface area contributed by atoms with Crippen LogP contribution in [0.15, 0.2) is 0 Å². The van der Waals surface area contributed by atoms with Crippen LogP contribution >= 0.6 is 0 Å². The predicted octanol–water partition coefficient (Wildman–Crippen LogP) is -0.638. The zero-order chi connectivity index (χ0) is 23.8. The number of carbonyl (C=O) groups excluding carboxylic acids is 1. The Balaban J connectivity index is 2.39. The van der Waals surface area contributed by atoms with Crippen LogP contribution in [0.3, 0.4) is 0 Å². The fourth-order valence-electron chi connectivity index (χ4n) is 4.21. The van der Waals surface area contributed by atoms with Crippen LogP contribution in [0.25, 0.3) is 0 Å². The Morgan fingerprint density at radius 1 is 0.625 bits per heavy atom. The van der Waals surface area contributed by atoms with Crippen LogP contribution in [-0.2, 0) is 56.9 Å². The van der Waals surface area contributed by atoms with E-state index >= 15 is 0 Å². The first kappa shape index (κ1) is 27.3. The van der Waals surface area contributed by atoms with Gasteiger partial charge in [-0.25, -0.2) is 4.79 Å². The number of carbonyl (C=O) groups is 1. The van der Waals surface area contributed by atoms with Gasteiger partial charge in [-0.05, 0) is 0 Å². The second kappa shape index (κ2) is 13.1. The molecule has 10 atom stereocenters. The zero-order valence-corrected chi connectivity index (χ0v) is 19.9. The van der Waals surface area contributed by atoms with E-state index in [1.807, 2.05) is 0 Å². The van der Waals surface area contributed by atoms with Gasteiger partial charge in [-0.15, -0.1) is 0 Å². The van der Waals surface area contributed by atoms with E-state index in [2.05, 4.69) is 0 Å². The van der Waals surface area contributed by atoms with Crippen molar-refractivity contribution in [2.24, 2.45) is 0 Å². The Bertz CT molecular complexity index is 563. The van der Waals surface area contributed by atoms with Gasteiger partial charge in [-0.2, -0.15) is 0 Å². The predicted molar refractivity (Wildman–Crippen MR) is 107 cm³/mol. The summed E-state index contributed by atoms with van der Waals surface area (Å²) >= 11 is 0. The molecule has 0 aromatic heterocycles. The highest BCUT2D eigenvalue weighted by Gasteiger charge is 2.55. The minimum atomic E-state index is -1.18. The van der Waals surface area contributed by atoms with Crippen molar-refractivity contribution in [3.63, 3.8) is 0 Å². The molecular formula is C20H36O12. The second-order valence-electron chi connectivity index (χ2n) is 7.28. The molecule has 2 rings (SSSR count). The average molecular weight is 468 g/mol. The molecule has 0 spiro atoms. The van der Waals surface area contributed by atoms with E-state index in [1.54, 1.807) is 14.2 Å². The van der Waals surface area contributed by atoms with Gasteiger partial charge in [0.25, 0.3) is 0 Å². The maximum atomic E-state index is 12.6. The molecule has 0 saturated carbocycles. The van der Waals surface area contributed by atoms with Gasteiger partial charge < -0.3 is 52.1 Å². The Hall–Kier alpha value is -0.930. The molecule has 32 heavy (non-hydrogen) atoms. The van der Waals surface area contributed by atoms with Gasteiger partial charge in [-0.1, -0.05) is 0 Å². The van der Waals surface area contributed by atoms with Crippen LogP contribution in [-0.4, -0.2) is 131 Å². The van der Waals surface area contributed by atoms with Crippen molar-refractivity contribution in [1.82, 2.24) is 0 Å². The highest BCUT2D eigenvalue weighted by atomic mass is 16.8. The molecule has 2 heterocycles. The van der Waals surface area contributed by atoms with Crippen molar-refractivity contribution in [2.45, 2.75) is 61.4 Å². The third kappa shape index (κ3) is 5.58. The summed E-state index contributed by atoms with van der Waals surface area (Å²) in [4.78, 5) is 12.6. The van der Waals surface area contributed by atoms with Crippen LogP contribution in [0, 0.1) is 0 Å². The Morgan fingerprint density at radius 3 is 1.62 bits per heavy atom. The summed E-state index contributed by atoms with van der Waals surface area (Å²) in [7, 11) is 11.8. The molecule has 2 fully saturated rings. The lowest BCUT2D eigenvalue weighted by molar-refractivity contribution is -0.360. The molecule has 10 unspecified atom stereocenters. The summed E-state index contributed by atoms with van der Waals surface area (Å²) in [6.45, 7) is 0.219. The zero-order valence-electron chi connectivity index (χ0n) is 19.9. The molecule has 0 radical (unpaired) electrons. The number of hydrogen-bond acceptors (Lipinski definition) is 12. The van der Waals surface area contributed by atoms with Gasteiger partial charge in [0.2, 0.25) is 0 Å². The molecule has 0 aromatic rings. The fraction of sp³-hybridized carbons (Fsp3) is 0.950. The molecule has 0 amide bonds. The lowest BCUT2D eigenvalue weighted by Gasteiger charge is -2.48. The molecule has 2 aliphatic heterocycles. The number of hydrogen-bond donors (Lipinski definition) is 0. The van der Waals surface area contributed by atoms with Crippen molar-refractivity contribution in [1.29, 1.82) is 0 Å². The molecule has 12 nitrogen and oxygen atoms in total. The number of rotatable bonds is 11. The van der Waals surface area contributed by atoms with Crippen LogP contribution < -0.4 is 0 Å². The Morgan fingerprint density at radius 2 is 1.16 bits per heavy atom. The van der Waals surface area contributed by atoms with Gasteiger partial charge in [0, 0.05) is 49.8 Å². The minimum absolute atomic E-state index is 0.219. The monoisotopic (exact) mass is 468 g/mol. The number of esters is 1. The molecule has 2 aliphatic rings. The van der Waals surface area contributed by atoms with Crippen LogP contribution in [0.1, 0.15) is 0 Å². The molecule has 2 saturated heterocycles. The van der Waals surface area contributed by atoms with Gasteiger partial charge in [-0.3, -0.25) is 0 Å². The van der Waals surface area contributed by atoms with Gasteiger partial charge in [0.15, 0.2) is 18.7 Å². The fourth-order valence-corrected chi connectivity index (χ4v) is 4.21. The molecule has 188 valence electrons. The van der Waals surface area contributed by atoms with E-state index < -0.39 is 67.4 Å². The van der Waals surface area contributed by atoms with E-state index in [-0.39, 0.29) is 6.61 Å². The van der Waals surface area contributed by atoms with Crippen LogP contribution in [0.5, 0.6) is 0 Å². The van der Waals surface area contributed by atoms with Crippen LogP contribution in [0.4, 0.5) is 0 Å². The lowest BCUT2D eigenvalue weighted by Crippen LogP contribution is -2.66. The second-order valence-corrected chi connectivity index (χ2v) is 7.28. The third-order valence-corrected chi connectivity index (χ3v) is 5.73. The number of ether oxygens (including phenoxy) is 11. The smallest absolute Gasteiger partial charge is 0.337 e. The maximum absolute atomic E-state index is 12.6. The molecule has 0 aliphatic carbocycles. The van der Waals surface area contributed by atoms with Crippen molar-refractivity contribution in [3.8, 4) is 0 Å². The van der Waals surface area contributed by atoms with E-state index in [9.17, 15) is 4.79 Å². The average Bonchev–Trinajstić information content (AvgIpc) is 2.82. The Kier molecular flexibility index (Phi) is 11.2. The van der Waals surface area contributed by atoms with E-state index in [0.717, 1.165) is 0 Å². The minimum Gasteiger partial charge on any atom is -0.467 e. The Labute approximate surface area is 188 Å². The quantitative estimate of drug-likeness (QED) is 0.359. The molecule has 0 aromatic carbocycles. The third-order valence-electron chi connectivity index (χ3n) is 5.73. The van der Waals surface area contributed by atoms with Gasteiger partial charge in [0.05, 0.1) is 13.7 Å². The molecule has 12 heteroatoms. The van der Waals surface area contributed by atoms with Crippen molar-refractivity contribution >= 4 is 5.97 Å². The van der Waals surface area contributed by atoms with Crippen molar-refractivity contribution in [3.05, 3.63) is 0 Å². The summed E-state index contributed by atoms with van der Waals surface area (Å²) in [5.41, 5.74) is 0. The normalized spacial score (nSPS) is 40.2. The van der Waals surface area contributed by atoms with Gasteiger partial charge >= 0.3 is 5.97 Å². The van der Waals surface area contributed by atoms with E-state index in [4.69, 9.17) is 52.1 Å². The lowest BCUT2D eigenvalue weighted by atomic mass is 9.96. The molecule has 0 N–H and O–H groups in total. The highest BCUT2D eigenvalue weighted by Crippen LogP contribution is 2.34. The summed E-state index contributed by atoms with van der Waals surface area (Å²) < 4.78 is 61.8. The highest BCUT2D eigenvalue weighted by molar-refractivity contribution is 5.75. The van der Waals surface area contributed by atoms with E-state index in [1.165, 1.54) is 42.7 Å². The van der Waals surface area contributed by atoms with Gasteiger partial charge in [0.1, 0.15) is 42.7 Å². The van der Waals surface area contributed by atoms with Crippen molar-refractivity contribution < 1.29 is 56.9 Å². The maximum Gasteiger partial charge on any atom is 0.337 e. The first-order chi connectivity index (χ1) is 15.4. The summed E-state index contributed by atoms with van der Waals surface area (Å²) in [6, 6.07) is 0. The van der Waals surface area contributed by atoms with E-state index in [0.29, 0.717) is 0 Å². The van der Waals surface area contributed by atoms with Crippen molar-refractivity contribution in [2.75, 3.05) is 63.5 Å². The van der Waals surface area contributed by atoms with Crippen LogP contribution in [0.2, 0.25) is 0 Å².